The number of hydrogen-bond acceptors (Lipinski definition) is 5. The van der Waals surface area contributed by atoms with Crippen LogP contribution in [0.25, 0.3) is 0 Å². The first-order valence-corrected chi connectivity index (χ1v) is 7.57. The van der Waals surface area contributed by atoms with E-state index in [2.05, 4.69) is 30.7 Å². The summed E-state index contributed by atoms with van der Waals surface area (Å²) in [5, 5.41) is 3.58. The second-order valence-electron chi connectivity index (χ2n) is 4.95. The molecule has 1 fully saturated rings. The Kier molecular flexibility index (Phi) is 4.37. The molecule has 0 spiro atoms. The number of imide groups is 1. The van der Waals surface area contributed by atoms with Crippen LogP contribution in [0.1, 0.15) is 20.3 Å². The zero-order chi connectivity index (χ0) is 14.9. The van der Waals surface area contributed by atoms with Crippen molar-refractivity contribution in [3.8, 4) is 0 Å². The summed E-state index contributed by atoms with van der Waals surface area (Å²) in [4.78, 5) is 31.8. The number of thioether (sulfide) groups is 1. The quantitative estimate of drug-likeness (QED) is 0.793. The molecule has 0 aromatic heterocycles. The maximum atomic E-state index is 12.1. The summed E-state index contributed by atoms with van der Waals surface area (Å²) in [5.74, 6) is -0.288. The Morgan fingerprint density at radius 1 is 1.55 bits per heavy atom. The third-order valence-electron chi connectivity index (χ3n) is 3.53. The van der Waals surface area contributed by atoms with Crippen LogP contribution in [0.15, 0.2) is 17.6 Å². The van der Waals surface area contributed by atoms with Gasteiger partial charge in [0.05, 0.1) is 0 Å². The van der Waals surface area contributed by atoms with E-state index in [0.29, 0.717) is 11.8 Å². The normalized spacial score (nSPS) is 27.1. The number of hydrogen-bond donors (Lipinski definition) is 1. The van der Waals surface area contributed by atoms with Gasteiger partial charge in [-0.15, -0.1) is 6.58 Å². The second-order valence-corrected chi connectivity index (χ2v) is 6.36. The van der Waals surface area contributed by atoms with E-state index in [0.717, 1.165) is 11.6 Å². The van der Waals surface area contributed by atoms with Gasteiger partial charge in [-0.05, 0) is 6.42 Å². The van der Waals surface area contributed by atoms with Crippen molar-refractivity contribution >= 4 is 28.9 Å². The Labute approximate surface area is 123 Å². The van der Waals surface area contributed by atoms with E-state index in [1.165, 1.54) is 4.90 Å². The van der Waals surface area contributed by atoms with Crippen molar-refractivity contribution in [3.05, 3.63) is 12.7 Å². The fraction of sp³-hybridized carbons (Fsp3) is 0.615. The van der Waals surface area contributed by atoms with Crippen LogP contribution in [0.3, 0.4) is 0 Å². The van der Waals surface area contributed by atoms with Gasteiger partial charge in [0.2, 0.25) is 0 Å². The Bertz CT molecular complexity index is 465. The lowest BCUT2D eigenvalue weighted by atomic mass is 10.1. The molecule has 0 aromatic rings. The Hall–Kier alpha value is -1.50. The lowest BCUT2D eigenvalue weighted by Gasteiger charge is -2.35. The minimum absolute atomic E-state index is 0.288. The lowest BCUT2D eigenvalue weighted by Crippen LogP contribution is -2.63. The first-order chi connectivity index (χ1) is 9.49. The van der Waals surface area contributed by atoms with Crippen LogP contribution >= 0.6 is 11.8 Å². The zero-order valence-electron chi connectivity index (χ0n) is 12.0. The smallest absolute Gasteiger partial charge is 0.325 e. The SMILES string of the molecule is C=CCN1C(SC(C)CC)=NC2C1C(=O)NC(=O)N2C. The lowest BCUT2D eigenvalue weighted by molar-refractivity contribution is -0.126. The Morgan fingerprint density at radius 3 is 2.85 bits per heavy atom. The van der Waals surface area contributed by atoms with Crippen molar-refractivity contribution in [2.24, 2.45) is 4.99 Å². The topological polar surface area (TPSA) is 65.0 Å². The number of fused-ring (bicyclic) bond motifs is 1. The van der Waals surface area contributed by atoms with Crippen LogP contribution in [0.2, 0.25) is 0 Å². The number of nitrogens with zero attached hydrogens (tertiary/aromatic N) is 3. The summed E-state index contributed by atoms with van der Waals surface area (Å²) < 4.78 is 0. The molecule has 110 valence electrons. The van der Waals surface area contributed by atoms with Crippen LogP contribution < -0.4 is 5.32 Å². The standard InChI is InChI=1S/C13H20N4O2S/c1-5-7-17-9-10(14-13(17)20-8(3)6-2)16(4)12(19)15-11(9)18/h5,8-10H,1,6-7H2,2-4H3,(H,15,18,19). The van der Waals surface area contributed by atoms with Crippen LogP contribution in [0.5, 0.6) is 0 Å². The average Bonchev–Trinajstić information content (AvgIpc) is 2.76. The molecule has 7 heteroatoms. The summed E-state index contributed by atoms with van der Waals surface area (Å²) >= 11 is 1.64. The van der Waals surface area contributed by atoms with E-state index in [4.69, 9.17) is 0 Å². The molecule has 2 aliphatic rings. The summed E-state index contributed by atoms with van der Waals surface area (Å²) in [6.07, 6.45) is 2.32. The highest BCUT2D eigenvalue weighted by Gasteiger charge is 2.48. The van der Waals surface area contributed by atoms with Gasteiger partial charge in [-0.1, -0.05) is 31.7 Å². The number of nitrogens with one attached hydrogen (secondary N) is 1. The first kappa shape index (κ1) is 14.9. The second kappa shape index (κ2) is 5.87. The highest BCUT2D eigenvalue weighted by molar-refractivity contribution is 8.14. The highest BCUT2D eigenvalue weighted by Crippen LogP contribution is 2.30. The molecule has 1 N–H and O–H groups in total. The monoisotopic (exact) mass is 296 g/mol. The molecular formula is C13H20N4O2S. The third-order valence-corrected chi connectivity index (χ3v) is 4.82. The number of carbonyl (C=O) groups is 2. The van der Waals surface area contributed by atoms with Gasteiger partial charge in [0.25, 0.3) is 5.91 Å². The molecule has 3 amide bonds. The van der Waals surface area contributed by atoms with Gasteiger partial charge in [-0.3, -0.25) is 10.1 Å². The number of likely N-dealkylation sites (N-methyl/N-ethyl adjacent to an activating group) is 1. The van der Waals surface area contributed by atoms with Gasteiger partial charge in [0.15, 0.2) is 17.4 Å². The molecule has 3 atom stereocenters. The molecule has 0 radical (unpaired) electrons. The molecule has 2 aliphatic heterocycles. The number of amidine groups is 1. The van der Waals surface area contributed by atoms with E-state index in [-0.39, 0.29) is 5.91 Å². The Balaban J connectivity index is 2.28. The molecule has 0 aromatic carbocycles. The number of urea groups is 1. The third kappa shape index (κ3) is 2.54. The molecule has 2 heterocycles. The number of aliphatic imine (C=N–C) groups is 1. The number of carbonyl (C=O) groups excluding carboxylic acids is 2. The molecule has 0 saturated carbocycles. The van der Waals surface area contributed by atoms with Crippen molar-refractivity contribution in [2.75, 3.05) is 13.6 Å². The molecule has 1 saturated heterocycles. The van der Waals surface area contributed by atoms with Crippen molar-refractivity contribution in [2.45, 2.75) is 37.7 Å². The van der Waals surface area contributed by atoms with Crippen LogP contribution in [-0.2, 0) is 4.79 Å². The fourth-order valence-corrected chi connectivity index (χ4v) is 3.21. The zero-order valence-corrected chi connectivity index (χ0v) is 12.8. The van der Waals surface area contributed by atoms with Gasteiger partial charge in [-0.2, -0.15) is 0 Å². The number of rotatable bonds is 4. The van der Waals surface area contributed by atoms with E-state index >= 15 is 0 Å². The van der Waals surface area contributed by atoms with Gasteiger partial charge >= 0.3 is 6.03 Å². The predicted molar refractivity (Wildman–Crippen MR) is 80.6 cm³/mol. The van der Waals surface area contributed by atoms with Crippen LogP contribution in [0.4, 0.5) is 4.79 Å². The van der Waals surface area contributed by atoms with Gasteiger partial charge in [-0.25, -0.2) is 9.79 Å². The van der Waals surface area contributed by atoms with Gasteiger partial charge in [0, 0.05) is 18.8 Å². The summed E-state index contributed by atoms with van der Waals surface area (Å²) in [7, 11) is 1.66. The van der Waals surface area contributed by atoms with Crippen molar-refractivity contribution in [1.29, 1.82) is 0 Å². The molecule has 0 bridgehead atoms. The predicted octanol–water partition coefficient (Wildman–Crippen LogP) is 1.25. The largest absolute Gasteiger partial charge is 0.332 e. The molecule has 0 aliphatic carbocycles. The van der Waals surface area contributed by atoms with Crippen molar-refractivity contribution in [3.63, 3.8) is 0 Å². The highest BCUT2D eigenvalue weighted by atomic mass is 32.2. The molecule has 20 heavy (non-hydrogen) atoms. The first-order valence-electron chi connectivity index (χ1n) is 6.69. The van der Waals surface area contributed by atoms with Crippen molar-refractivity contribution < 1.29 is 9.59 Å². The Morgan fingerprint density at radius 2 is 2.25 bits per heavy atom. The van der Waals surface area contributed by atoms with Crippen LogP contribution in [0, 0.1) is 0 Å². The molecule has 6 nitrogen and oxygen atoms in total. The van der Waals surface area contributed by atoms with Crippen molar-refractivity contribution in [1.82, 2.24) is 15.1 Å². The van der Waals surface area contributed by atoms with E-state index in [9.17, 15) is 9.59 Å². The fourth-order valence-electron chi connectivity index (χ4n) is 2.19. The molecule has 3 unspecified atom stereocenters. The molecule has 2 rings (SSSR count). The summed E-state index contributed by atoms with van der Waals surface area (Å²) in [5.41, 5.74) is 0. The minimum atomic E-state index is -0.456. The maximum Gasteiger partial charge on any atom is 0.325 e. The summed E-state index contributed by atoms with van der Waals surface area (Å²) in [6.45, 7) is 8.51. The number of amides is 3. The maximum absolute atomic E-state index is 12.1. The van der Waals surface area contributed by atoms with E-state index in [1.807, 2.05) is 4.90 Å². The van der Waals surface area contributed by atoms with Gasteiger partial charge in [0.1, 0.15) is 0 Å². The summed E-state index contributed by atoms with van der Waals surface area (Å²) in [6, 6.07) is -0.851. The minimum Gasteiger partial charge on any atom is -0.332 e. The van der Waals surface area contributed by atoms with E-state index < -0.39 is 18.2 Å². The van der Waals surface area contributed by atoms with E-state index in [1.54, 1.807) is 24.9 Å². The van der Waals surface area contributed by atoms with Gasteiger partial charge < -0.3 is 9.80 Å². The van der Waals surface area contributed by atoms with Crippen LogP contribution in [-0.4, -0.2) is 58.0 Å². The average molecular weight is 296 g/mol. The molecular weight excluding hydrogens is 276 g/mol.